The molecule has 19 heavy (non-hydrogen) atoms. The van der Waals surface area contributed by atoms with E-state index in [9.17, 15) is 9.59 Å². The molecule has 0 saturated carbocycles. The normalized spacial score (nSPS) is 23.4. The minimum absolute atomic E-state index is 0.0361. The Balaban J connectivity index is 2.47. The lowest BCUT2D eigenvalue weighted by atomic mass is 9.90. The van der Waals surface area contributed by atoms with Crippen LogP contribution in [0.4, 0.5) is 0 Å². The third-order valence-electron chi connectivity index (χ3n) is 3.52. The molecule has 6 heteroatoms. The van der Waals surface area contributed by atoms with Gasteiger partial charge < -0.3 is 20.4 Å². The minimum atomic E-state index is -0.787. The Morgan fingerprint density at radius 3 is 2.68 bits per heavy atom. The van der Waals surface area contributed by atoms with E-state index in [4.69, 9.17) is 10.2 Å². The van der Waals surface area contributed by atoms with Gasteiger partial charge in [-0.3, -0.25) is 9.59 Å². The predicted octanol–water partition coefficient (Wildman–Crippen LogP) is 0.0602. The standard InChI is InChI=1S/C13H24N2O4/c1-10(17)15-8-11(3-4-13(18)19)7-12(9-15)14-5-2-6-16/h11-12,14,16H,2-9H2,1H3,(H,18,19). The monoisotopic (exact) mass is 272 g/mol. The molecule has 2 unspecified atom stereocenters. The Hall–Kier alpha value is -1.14. The molecular formula is C13H24N2O4. The number of amides is 1. The summed E-state index contributed by atoms with van der Waals surface area (Å²) >= 11 is 0. The molecule has 0 aromatic carbocycles. The van der Waals surface area contributed by atoms with Crippen molar-refractivity contribution in [3.8, 4) is 0 Å². The van der Waals surface area contributed by atoms with Crippen molar-refractivity contribution >= 4 is 11.9 Å². The lowest BCUT2D eigenvalue weighted by Crippen LogP contribution is -2.51. The van der Waals surface area contributed by atoms with Crippen LogP contribution in [0.15, 0.2) is 0 Å². The summed E-state index contributed by atoms with van der Waals surface area (Å²) in [5, 5.41) is 20.8. The zero-order chi connectivity index (χ0) is 14.3. The van der Waals surface area contributed by atoms with Gasteiger partial charge in [0.05, 0.1) is 0 Å². The van der Waals surface area contributed by atoms with Gasteiger partial charge in [-0.1, -0.05) is 0 Å². The van der Waals surface area contributed by atoms with Crippen molar-refractivity contribution in [3.05, 3.63) is 0 Å². The van der Waals surface area contributed by atoms with Crippen LogP contribution in [-0.2, 0) is 9.59 Å². The maximum absolute atomic E-state index is 11.5. The first-order valence-corrected chi connectivity index (χ1v) is 6.84. The van der Waals surface area contributed by atoms with Gasteiger partial charge in [0.15, 0.2) is 0 Å². The number of aliphatic hydroxyl groups excluding tert-OH is 1. The SMILES string of the molecule is CC(=O)N1CC(CCC(=O)O)CC(NCCCO)C1. The van der Waals surface area contributed by atoms with Crippen LogP contribution in [-0.4, -0.2) is 59.3 Å². The summed E-state index contributed by atoms with van der Waals surface area (Å²) in [6.45, 7) is 3.74. The second kappa shape index (κ2) is 8.12. The Morgan fingerprint density at radius 2 is 2.11 bits per heavy atom. The molecular weight excluding hydrogens is 248 g/mol. The van der Waals surface area contributed by atoms with Gasteiger partial charge in [0.2, 0.25) is 5.91 Å². The van der Waals surface area contributed by atoms with Crippen molar-refractivity contribution in [2.45, 2.75) is 38.6 Å². The number of aliphatic carboxylic acids is 1. The van der Waals surface area contributed by atoms with Crippen molar-refractivity contribution in [2.24, 2.45) is 5.92 Å². The first-order chi connectivity index (χ1) is 9.02. The van der Waals surface area contributed by atoms with Gasteiger partial charge in [0.25, 0.3) is 0 Å². The van der Waals surface area contributed by atoms with Crippen LogP contribution >= 0.6 is 0 Å². The van der Waals surface area contributed by atoms with Gasteiger partial charge >= 0.3 is 5.97 Å². The number of carboxylic acids is 1. The molecule has 0 aromatic rings. The average molecular weight is 272 g/mol. The van der Waals surface area contributed by atoms with E-state index in [0.717, 1.165) is 13.0 Å². The van der Waals surface area contributed by atoms with E-state index in [1.54, 1.807) is 11.8 Å². The van der Waals surface area contributed by atoms with Crippen LogP contribution in [0, 0.1) is 5.92 Å². The smallest absolute Gasteiger partial charge is 0.303 e. The summed E-state index contributed by atoms with van der Waals surface area (Å²) in [4.78, 5) is 23.9. The fourth-order valence-electron chi connectivity index (χ4n) is 2.53. The van der Waals surface area contributed by atoms with E-state index in [1.807, 2.05) is 0 Å². The lowest BCUT2D eigenvalue weighted by Gasteiger charge is -2.37. The summed E-state index contributed by atoms with van der Waals surface area (Å²) in [6.07, 6.45) is 2.34. The lowest BCUT2D eigenvalue weighted by molar-refractivity contribution is -0.137. The van der Waals surface area contributed by atoms with Crippen molar-refractivity contribution in [1.82, 2.24) is 10.2 Å². The molecule has 2 atom stereocenters. The van der Waals surface area contributed by atoms with Crippen molar-refractivity contribution in [2.75, 3.05) is 26.2 Å². The number of carbonyl (C=O) groups excluding carboxylic acids is 1. The zero-order valence-corrected chi connectivity index (χ0v) is 11.5. The molecule has 6 nitrogen and oxygen atoms in total. The summed E-state index contributed by atoms with van der Waals surface area (Å²) in [5.74, 6) is -0.515. The topological polar surface area (TPSA) is 89.9 Å². The molecule has 1 saturated heterocycles. The number of rotatable bonds is 7. The maximum atomic E-state index is 11.5. The Morgan fingerprint density at radius 1 is 1.37 bits per heavy atom. The number of hydrogen-bond donors (Lipinski definition) is 3. The molecule has 1 rings (SSSR count). The van der Waals surface area contributed by atoms with Crippen LogP contribution in [0.25, 0.3) is 0 Å². The summed E-state index contributed by atoms with van der Waals surface area (Å²) in [7, 11) is 0. The number of aliphatic hydroxyl groups is 1. The van der Waals surface area contributed by atoms with E-state index >= 15 is 0 Å². The molecule has 0 spiro atoms. The van der Waals surface area contributed by atoms with E-state index in [0.29, 0.717) is 25.9 Å². The molecule has 1 aliphatic rings. The maximum Gasteiger partial charge on any atom is 0.303 e. The fraction of sp³-hybridized carbons (Fsp3) is 0.846. The number of carbonyl (C=O) groups is 2. The van der Waals surface area contributed by atoms with Crippen molar-refractivity contribution in [3.63, 3.8) is 0 Å². The van der Waals surface area contributed by atoms with Gasteiger partial charge in [-0.25, -0.2) is 0 Å². The molecule has 1 amide bonds. The number of likely N-dealkylation sites (tertiary alicyclic amines) is 1. The first kappa shape index (κ1) is 15.9. The summed E-state index contributed by atoms with van der Waals surface area (Å²) in [5.41, 5.74) is 0. The minimum Gasteiger partial charge on any atom is -0.481 e. The Labute approximate surface area is 113 Å². The summed E-state index contributed by atoms with van der Waals surface area (Å²) < 4.78 is 0. The highest BCUT2D eigenvalue weighted by molar-refractivity contribution is 5.73. The van der Waals surface area contributed by atoms with Crippen LogP contribution in [0.1, 0.15) is 32.6 Å². The summed E-state index contributed by atoms with van der Waals surface area (Å²) in [6, 6.07) is 0.197. The van der Waals surface area contributed by atoms with E-state index in [2.05, 4.69) is 5.32 Å². The third-order valence-corrected chi connectivity index (χ3v) is 3.52. The number of nitrogens with zero attached hydrogens (tertiary/aromatic N) is 1. The van der Waals surface area contributed by atoms with Crippen LogP contribution in [0.3, 0.4) is 0 Å². The third kappa shape index (κ3) is 6.02. The van der Waals surface area contributed by atoms with Crippen LogP contribution < -0.4 is 5.32 Å². The van der Waals surface area contributed by atoms with Gasteiger partial charge in [-0.2, -0.15) is 0 Å². The molecule has 1 heterocycles. The van der Waals surface area contributed by atoms with Crippen LogP contribution in [0.2, 0.25) is 0 Å². The van der Waals surface area contributed by atoms with Crippen molar-refractivity contribution in [1.29, 1.82) is 0 Å². The van der Waals surface area contributed by atoms with E-state index in [1.165, 1.54) is 0 Å². The quantitative estimate of drug-likeness (QED) is 0.570. The van der Waals surface area contributed by atoms with Gasteiger partial charge in [-0.05, 0) is 31.7 Å². The predicted molar refractivity (Wildman–Crippen MR) is 70.7 cm³/mol. The first-order valence-electron chi connectivity index (χ1n) is 6.84. The highest BCUT2D eigenvalue weighted by atomic mass is 16.4. The van der Waals surface area contributed by atoms with Gasteiger partial charge in [0.1, 0.15) is 0 Å². The van der Waals surface area contributed by atoms with Gasteiger partial charge in [0, 0.05) is 39.1 Å². The van der Waals surface area contributed by atoms with E-state index in [-0.39, 0.29) is 30.9 Å². The molecule has 0 bridgehead atoms. The second-order valence-electron chi connectivity index (χ2n) is 5.19. The second-order valence-corrected chi connectivity index (χ2v) is 5.19. The highest BCUT2D eigenvalue weighted by Crippen LogP contribution is 2.21. The largest absolute Gasteiger partial charge is 0.481 e. The molecule has 0 radical (unpaired) electrons. The molecule has 0 aromatic heterocycles. The van der Waals surface area contributed by atoms with Gasteiger partial charge in [-0.15, -0.1) is 0 Å². The number of hydrogen-bond acceptors (Lipinski definition) is 4. The zero-order valence-electron chi connectivity index (χ0n) is 11.5. The average Bonchev–Trinajstić information content (AvgIpc) is 2.36. The molecule has 1 fully saturated rings. The number of piperidine rings is 1. The molecule has 1 aliphatic heterocycles. The Kier molecular flexibility index (Phi) is 6.80. The highest BCUT2D eigenvalue weighted by Gasteiger charge is 2.28. The fourth-order valence-corrected chi connectivity index (χ4v) is 2.53. The van der Waals surface area contributed by atoms with E-state index < -0.39 is 5.97 Å². The van der Waals surface area contributed by atoms with Crippen molar-refractivity contribution < 1.29 is 19.8 Å². The Bertz CT molecular complexity index is 309. The molecule has 110 valence electrons. The number of nitrogens with one attached hydrogen (secondary N) is 1. The van der Waals surface area contributed by atoms with Crippen LogP contribution in [0.5, 0.6) is 0 Å². The molecule has 3 N–H and O–H groups in total. The molecule has 0 aliphatic carbocycles. The number of carboxylic acid groups (broad SMARTS) is 1.